The average molecular weight is 221 g/mol. The van der Waals surface area contributed by atoms with E-state index in [0.29, 0.717) is 6.04 Å². The minimum Gasteiger partial charge on any atom is -0.331 e. The monoisotopic (exact) mass is 221 g/mol. The van der Waals surface area contributed by atoms with Gasteiger partial charge in [-0.05, 0) is 19.4 Å². The standard InChI is InChI=1S/C13H23N3/c1-5-6-16-10-14-9-13(16)7-12(4)8-15-11(2)3/h7,9-11,15H,5-6,8H2,1-4H3. The molecule has 90 valence electrons. The molecule has 1 aromatic heterocycles. The van der Waals surface area contributed by atoms with Gasteiger partial charge in [0.1, 0.15) is 0 Å². The molecule has 0 aliphatic rings. The number of nitrogens with one attached hydrogen (secondary N) is 1. The topological polar surface area (TPSA) is 29.9 Å². The second-order valence-corrected chi connectivity index (χ2v) is 4.54. The third-order valence-electron chi connectivity index (χ3n) is 2.39. The van der Waals surface area contributed by atoms with Gasteiger partial charge in [0, 0.05) is 19.1 Å². The van der Waals surface area contributed by atoms with Gasteiger partial charge in [-0.2, -0.15) is 0 Å². The van der Waals surface area contributed by atoms with Crippen LogP contribution in [0.15, 0.2) is 18.1 Å². The molecule has 0 unspecified atom stereocenters. The Hall–Kier alpha value is -1.09. The summed E-state index contributed by atoms with van der Waals surface area (Å²) in [4.78, 5) is 4.19. The fraction of sp³-hybridized carbons (Fsp3) is 0.615. The Morgan fingerprint density at radius 1 is 1.56 bits per heavy atom. The van der Waals surface area contributed by atoms with E-state index in [0.717, 1.165) is 19.5 Å². The maximum absolute atomic E-state index is 4.19. The predicted octanol–water partition coefficient (Wildman–Crippen LogP) is 2.69. The highest BCUT2D eigenvalue weighted by Gasteiger charge is 1.99. The van der Waals surface area contributed by atoms with Crippen LogP contribution >= 0.6 is 0 Å². The van der Waals surface area contributed by atoms with Crippen molar-refractivity contribution in [2.75, 3.05) is 6.54 Å². The first-order valence-electron chi connectivity index (χ1n) is 6.04. The molecule has 0 saturated heterocycles. The van der Waals surface area contributed by atoms with Crippen molar-refractivity contribution in [3.05, 3.63) is 23.8 Å². The van der Waals surface area contributed by atoms with Crippen molar-refractivity contribution < 1.29 is 0 Å². The van der Waals surface area contributed by atoms with Gasteiger partial charge in [-0.15, -0.1) is 0 Å². The summed E-state index contributed by atoms with van der Waals surface area (Å²) in [6, 6.07) is 0.531. The molecule has 3 nitrogen and oxygen atoms in total. The first-order chi connectivity index (χ1) is 7.63. The van der Waals surface area contributed by atoms with E-state index in [1.54, 1.807) is 0 Å². The molecule has 1 N–H and O–H groups in total. The van der Waals surface area contributed by atoms with Crippen molar-refractivity contribution >= 4 is 6.08 Å². The van der Waals surface area contributed by atoms with Crippen LogP contribution in [0.4, 0.5) is 0 Å². The molecule has 16 heavy (non-hydrogen) atoms. The summed E-state index contributed by atoms with van der Waals surface area (Å²) in [5, 5.41) is 3.41. The highest BCUT2D eigenvalue weighted by Crippen LogP contribution is 2.06. The van der Waals surface area contributed by atoms with Gasteiger partial charge < -0.3 is 9.88 Å². The van der Waals surface area contributed by atoms with E-state index in [9.17, 15) is 0 Å². The Morgan fingerprint density at radius 3 is 2.94 bits per heavy atom. The van der Waals surface area contributed by atoms with Crippen LogP contribution in [0.1, 0.15) is 39.8 Å². The molecule has 1 aromatic rings. The molecule has 0 spiro atoms. The Kier molecular flexibility index (Phi) is 5.26. The third kappa shape index (κ3) is 4.19. The van der Waals surface area contributed by atoms with Crippen molar-refractivity contribution in [3.63, 3.8) is 0 Å². The lowest BCUT2D eigenvalue weighted by Crippen LogP contribution is -2.24. The van der Waals surface area contributed by atoms with Gasteiger partial charge in [0.15, 0.2) is 0 Å². The van der Waals surface area contributed by atoms with Crippen LogP contribution < -0.4 is 5.32 Å². The lowest BCUT2D eigenvalue weighted by molar-refractivity contribution is 0.622. The van der Waals surface area contributed by atoms with E-state index >= 15 is 0 Å². The lowest BCUT2D eigenvalue weighted by atomic mass is 10.2. The van der Waals surface area contributed by atoms with E-state index in [1.165, 1.54) is 11.3 Å². The highest BCUT2D eigenvalue weighted by molar-refractivity contribution is 5.48. The summed E-state index contributed by atoms with van der Waals surface area (Å²) >= 11 is 0. The molecular weight excluding hydrogens is 198 g/mol. The van der Waals surface area contributed by atoms with E-state index in [-0.39, 0.29) is 0 Å². The molecule has 0 bridgehead atoms. The minimum absolute atomic E-state index is 0.531. The van der Waals surface area contributed by atoms with Crippen molar-refractivity contribution in [2.24, 2.45) is 0 Å². The van der Waals surface area contributed by atoms with Crippen molar-refractivity contribution in [1.29, 1.82) is 0 Å². The molecule has 0 amide bonds. The highest BCUT2D eigenvalue weighted by atomic mass is 15.0. The van der Waals surface area contributed by atoms with E-state index in [1.807, 2.05) is 12.5 Å². The fourth-order valence-electron chi connectivity index (χ4n) is 1.55. The van der Waals surface area contributed by atoms with Gasteiger partial charge in [-0.1, -0.05) is 26.3 Å². The van der Waals surface area contributed by atoms with Crippen LogP contribution in [0.25, 0.3) is 6.08 Å². The van der Waals surface area contributed by atoms with Gasteiger partial charge >= 0.3 is 0 Å². The van der Waals surface area contributed by atoms with Gasteiger partial charge in [0.05, 0.1) is 18.2 Å². The SMILES string of the molecule is CCCn1cncc1C=C(C)CNC(C)C. The quantitative estimate of drug-likeness (QED) is 0.800. The van der Waals surface area contributed by atoms with Crippen LogP contribution in [-0.2, 0) is 6.54 Å². The number of imidazole rings is 1. The van der Waals surface area contributed by atoms with Crippen LogP contribution in [0.3, 0.4) is 0 Å². The first-order valence-corrected chi connectivity index (χ1v) is 6.04. The maximum atomic E-state index is 4.19. The lowest BCUT2D eigenvalue weighted by Gasteiger charge is -2.09. The second kappa shape index (κ2) is 6.48. The molecule has 0 aliphatic heterocycles. The Bertz CT molecular complexity index is 337. The molecule has 0 saturated carbocycles. The molecule has 3 heteroatoms. The molecule has 0 radical (unpaired) electrons. The number of hydrogen-bond donors (Lipinski definition) is 1. The van der Waals surface area contributed by atoms with Crippen molar-refractivity contribution in [1.82, 2.24) is 14.9 Å². The fourth-order valence-corrected chi connectivity index (χ4v) is 1.55. The first kappa shape index (κ1) is 13.0. The van der Waals surface area contributed by atoms with Crippen LogP contribution in [-0.4, -0.2) is 22.1 Å². The maximum Gasteiger partial charge on any atom is 0.0950 e. The molecule has 0 aromatic carbocycles. The zero-order chi connectivity index (χ0) is 12.0. The predicted molar refractivity (Wildman–Crippen MR) is 69.3 cm³/mol. The van der Waals surface area contributed by atoms with Crippen LogP contribution in [0.2, 0.25) is 0 Å². The number of aryl methyl sites for hydroxylation is 1. The Morgan fingerprint density at radius 2 is 2.31 bits per heavy atom. The summed E-state index contributed by atoms with van der Waals surface area (Å²) < 4.78 is 2.19. The Labute approximate surface area is 98.6 Å². The van der Waals surface area contributed by atoms with E-state index < -0.39 is 0 Å². The molecule has 1 heterocycles. The summed E-state index contributed by atoms with van der Waals surface area (Å²) in [5.74, 6) is 0. The van der Waals surface area contributed by atoms with E-state index in [2.05, 4.69) is 48.6 Å². The smallest absolute Gasteiger partial charge is 0.0950 e. The van der Waals surface area contributed by atoms with E-state index in [4.69, 9.17) is 0 Å². The largest absolute Gasteiger partial charge is 0.331 e. The van der Waals surface area contributed by atoms with Crippen LogP contribution in [0.5, 0.6) is 0 Å². The molecule has 0 aliphatic carbocycles. The van der Waals surface area contributed by atoms with Gasteiger partial charge in [-0.25, -0.2) is 4.98 Å². The summed E-state index contributed by atoms with van der Waals surface area (Å²) in [6.07, 6.45) is 7.17. The average Bonchev–Trinajstić information content (AvgIpc) is 2.63. The van der Waals surface area contributed by atoms with Crippen LogP contribution in [0, 0.1) is 0 Å². The molecular formula is C13H23N3. The second-order valence-electron chi connectivity index (χ2n) is 4.54. The number of rotatable bonds is 6. The van der Waals surface area contributed by atoms with Gasteiger partial charge in [0.25, 0.3) is 0 Å². The Balaban J connectivity index is 2.62. The van der Waals surface area contributed by atoms with Gasteiger partial charge in [-0.3, -0.25) is 0 Å². The normalized spacial score (nSPS) is 12.4. The third-order valence-corrected chi connectivity index (χ3v) is 2.39. The number of hydrogen-bond acceptors (Lipinski definition) is 2. The molecule has 1 rings (SSSR count). The molecule has 0 fully saturated rings. The summed E-state index contributed by atoms with van der Waals surface area (Å²) in [5.41, 5.74) is 2.54. The van der Waals surface area contributed by atoms with Crippen molar-refractivity contribution in [2.45, 2.75) is 46.7 Å². The number of nitrogens with zero attached hydrogens (tertiary/aromatic N) is 2. The molecule has 0 atom stereocenters. The summed E-state index contributed by atoms with van der Waals surface area (Å²) in [7, 11) is 0. The van der Waals surface area contributed by atoms with Crippen molar-refractivity contribution in [3.8, 4) is 0 Å². The number of aromatic nitrogens is 2. The zero-order valence-electron chi connectivity index (χ0n) is 10.8. The minimum atomic E-state index is 0.531. The zero-order valence-corrected chi connectivity index (χ0v) is 10.8. The van der Waals surface area contributed by atoms with Gasteiger partial charge in [0.2, 0.25) is 0 Å². The summed E-state index contributed by atoms with van der Waals surface area (Å²) in [6.45, 7) is 10.6.